The van der Waals surface area contributed by atoms with E-state index in [4.69, 9.17) is 18.5 Å². The molecule has 0 aliphatic carbocycles. The Hall–Kier alpha value is -1.28. The van der Waals surface area contributed by atoms with Gasteiger partial charge in [0.2, 0.25) is 0 Å². The molecule has 0 N–H and O–H groups in total. The number of nitrogens with zero attached hydrogens (tertiary/aromatic N) is 1. The summed E-state index contributed by atoms with van der Waals surface area (Å²) in [6.45, 7) is 5.43. The number of phosphoric ester groups is 1. The minimum Gasteiger partial charge on any atom is -0.756 e. The van der Waals surface area contributed by atoms with Crippen LogP contribution in [0.2, 0.25) is 0 Å². The van der Waals surface area contributed by atoms with E-state index in [2.05, 4.69) is 50.3 Å². The van der Waals surface area contributed by atoms with E-state index in [-0.39, 0.29) is 25.8 Å². The molecule has 66 heavy (non-hydrogen) atoms. The van der Waals surface area contributed by atoms with E-state index in [9.17, 15) is 14.3 Å². The van der Waals surface area contributed by atoms with Gasteiger partial charge in [-0.3, -0.25) is 9.36 Å². The summed E-state index contributed by atoms with van der Waals surface area (Å²) in [5.41, 5.74) is 0. The molecule has 0 bridgehead atoms. The van der Waals surface area contributed by atoms with E-state index in [1.54, 1.807) is 0 Å². The second kappa shape index (κ2) is 50.1. The monoisotopic (exact) mass is 952 g/mol. The lowest BCUT2D eigenvalue weighted by molar-refractivity contribution is -0.870. The molecule has 0 saturated carbocycles. The van der Waals surface area contributed by atoms with Crippen LogP contribution in [-0.4, -0.2) is 70.7 Å². The summed E-state index contributed by atoms with van der Waals surface area (Å²) in [5.74, 6) is -0.332. The molecule has 0 saturated heterocycles. The maximum absolute atomic E-state index is 12.8. The molecule has 0 aliphatic heterocycles. The molecule has 8 nitrogen and oxygen atoms in total. The van der Waals surface area contributed by atoms with Crippen molar-refractivity contribution in [2.24, 2.45) is 0 Å². The normalized spacial score (nSPS) is 13.7. The van der Waals surface area contributed by atoms with Crippen molar-refractivity contribution < 1.29 is 37.3 Å². The van der Waals surface area contributed by atoms with Crippen LogP contribution in [0.15, 0.2) is 36.5 Å². The van der Waals surface area contributed by atoms with Crippen molar-refractivity contribution in [3.8, 4) is 0 Å². The number of allylic oxidation sites excluding steroid dienone is 6. The number of quaternary nitrogens is 1. The number of esters is 1. The quantitative estimate of drug-likeness (QED) is 0.0197. The molecule has 0 rings (SSSR count). The highest BCUT2D eigenvalue weighted by Gasteiger charge is 2.20. The summed E-state index contributed by atoms with van der Waals surface area (Å²) in [4.78, 5) is 25.2. The molecule has 0 aliphatic rings. The highest BCUT2D eigenvalue weighted by Crippen LogP contribution is 2.38. The van der Waals surface area contributed by atoms with Crippen molar-refractivity contribution in [1.82, 2.24) is 0 Å². The summed E-state index contributed by atoms with van der Waals surface area (Å²) < 4.78 is 34.8. The van der Waals surface area contributed by atoms with Crippen LogP contribution < -0.4 is 4.89 Å². The lowest BCUT2D eigenvalue weighted by atomic mass is 10.0. The predicted octanol–water partition coefficient (Wildman–Crippen LogP) is 17.0. The molecule has 0 aromatic heterocycles. The third-order valence-electron chi connectivity index (χ3n) is 12.4. The summed E-state index contributed by atoms with van der Waals surface area (Å²) in [6, 6.07) is 0. The maximum Gasteiger partial charge on any atom is 0.306 e. The van der Waals surface area contributed by atoms with Crippen LogP contribution in [0, 0.1) is 0 Å². The Kier molecular flexibility index (Phi) is 49.1. The summed E-state index contributed by atoms with van der Waals surface area (Å²) in [5, 5.41) is 0. The summed E-state index contributed by atoms with van der Waals surface area (Å²) >= 11 is 0. The maximum atomic E-state index is 12.8. The minimum absolute atomic E-state index is 0.0257. The average Bonchev–Trinajstić information content (AvgIpc) is 3.28. The van der Waals surface area contributed by atoms with Gasteiger partial charge >= 0.3 is 5.97 Å². The summed E-state index contributed by atoms with van der Waals surface area (Å²) in [7, 11) is 1.36. The zero-order valence-electron chi connectivity index (χ0n) is 44.4. The Morgan fingerprint density at radius 3 is 1.26 bits per heavy atom. The summed E-state index contributed by atoms with van der Waals surface area (Å²) in [6.07, 6.45) is 61.8. The average molecular weight is 952 g/mol. The Morgan fingerprint density at radius 1 is 0.470 bits per heavy atom. The Balaban J connectivity index is 4.06. The van der Waals surface area contributed by atoms with Crippen LogP contribution >= 0.6 is 7.82 Å². The molecular formula is C57H110NO7P. The van der Waals surface area contributed by atoms with E-state index in [1.807, 2.05) is 21.1 Å². The van der Waals surface area contributed by atoms with Gasteiger partial charge in [0.25, 0.3) is 7.82 Å². The molecule has 0 aromatic rings. The fourth-order valence-electron chi connectivity index (χ4n) is 8.04. The Bertz CT molecular complexity index is 1150. The topological polar surface area (TPSA) is 94.1 Å². The molecule has 0 fully saturated rings. The van der Waals surface area contributed by atoms with Gasteiger partial charge in [0, 0.05) is 13.0 Å². The van der Waals surface area contributed by atoms with E-state index in [1.165, 1.54) is 205 Å². The van der Waals surface area contributed by atoms with E-state index in [0.717, 1.165) is 38.5 Å². The number of carbonyl (C=O) groups is 1. The van der Waals surface area contributed by atoms with Crippen molar-refractivity contribution in [2.75, 3.05) is 54.1 Å². The predicted molar refractivity (Wildman–Crippen MR) is 282 cm³/mol. The highest BCUT2D eigenvalue weighted by atomic mass is 31.2. The van der Waals surface area contributed by atoms with E-state index < -0.39 is 13.9 Å². The van der Waals surface area contributed by atoms with Gasteiger partial charge in [0.1, 0.15) is 19.3 Å². The zero-order valence-corrected chi connectivity index (χ0v) is 45.3. The van der Waals surface area contributed by atoms with Gasteiger partial charge < -0.3 is 27.9 Å². The smallest absolute Gasteiger partial charge is 0.306 e. The number of phosphoric acid groups is 1. The number of hydrogen-bond acceptors (Lipinski definition) is 7. The van der Waals surface area contributed by atoms with E-state index >= 15 is 0 Å². The van der Waals surface area contributed by atoms with Gasteiger partial charge in [-0.05, 0) is 70.6 Å². The molecule has 2 atom stereocenters. The molecule has 0 spiro atoms. The fourth-order valence-corrected chi connectivity index (χ4v) is 8.77. The van der Waals surface area contributed by atoms with Gasteiger partial charge in [-0.15, -0.1) is 0 Å². The fraction of sp³-hybridized carbons (Fsp3) is 0.877. The largest absolute Gasteiger partial charge is 0.756 e. The van der Waals surface area contributed by atoms with Crippen LogP contribution in [0.25, 0.3) is 0 Å². The highest BCUT2D eigenvalue weighted by molar-refractivity contribution is 7.45. The van der Waals surface area contributed by atoms with Crippen LogP contribution in [0.5, 0.6) is 0 Å². The van der Waals surface area contributed by atoms with Crippen molar-refractivity contribution in [3.63, 3.8) is 0 Å². The molecule has 0 radical (unpaired) electrons. The van der Waals surface area contributed by atoms with Crippen LogP contribution in [0.1, 0.15) is 264 Å². The number of ether oxygens (including phenoxy) is 2. The zero-order chi connectivity index (χ0) is 48.3. The SMILES string of the molecule is CCCCCC/C=C\C/C=C\CCCCCCCCCCOCC(COP(=O)([O-])OCC[N+](C)(C)C)OC(=O)CCCCCCCCCCCCCCC/C=C\CCCCCCCCCC. The Morgan fingerprint density at radius 2 is 0.833 bits per heavy atom. The first kappa shape index (κ1) is 64.7. The van der Waals surface area contributed by atoms with Gasteiger partial charge in [0.15, 0.2) is 0 Å². The molecule has 390 valence electrons. The van der Waals surface area contributed by atoms with Crippen molar-refractivity contribution in [2.45, 2.75) is 270 Å². The van der Waals surface area contributed by atoms with Gasteiger partial charge in [0.05, 0.1) is 34.4 Å². The first-order chi connectivity index (χ1) is 32.1. The van der Waals surface area contributed by atoms with Crippen LogP contribution in [0.3, 0.4) is 0 Å². The molecule has 0 aromatic carbocycles. The Labute approximate surface area is 410 Å². The third-order valence-corrected chi connectivity index (χ3v) is 13.4. The second-order valence-corrected chi connectivity index (χ2v) is 21.7. The van der Waals surface area contributed by atoms with E-state index in [0.29, 0.717) is 24.1 Å². The minimum atomic E-state index is -4.53. The van der Waals surface area contributed by atoms with Crippen LogP contribution in [-0.2, 0) is 27.9 Å². The third kappa shape index (κ3) is 53.7. The van der Waals surface area contributed by atoms with Crippen molar-refractivity contribution in [1.29, 1.82) is 0 Å². The number of likely N-dealkylation sites (N-methyl/N-ethyl adjacent to an activating group) is 1. The standard InChI is InChI=1S/C57H110NO7P/c1-6-8-10-12-14-16-18-20-22-24-26-27-28-29-30-31-32-34-36-38-40-42-44-46-48-50-57(59)65-56(55-64-66(60,61)63-53-51-58(3,4)5)54-62-52-49-47-45-43-41-39-37-35-33-25-23-21-19-17-15-13-11-9-7-2/h17,19,23-26,56H,6-16,18,20-22,27-55H2,1-5H3/b19-17-,25-23-,26-24-. The first-order valence-electron chi connectivity index (χ1n) is 28.2. The van der Waals surface area contributed by atoms with Crippen LogP contribution in [0.4, 0.5) is 0 Å². The van der Waals surface area contributed by atoms with Crippen molar-refractivity contribution in [3.05, 3.63) is 36.5 Å². The van der Waals surface area contributed by atoms with Gasteiger partial charge in [-0.2, -0.15) is 0 Å². The second-order valence-electron chi connectivity index (χ2n) is 20.3. The molecule has 2 unspecified atom stereocenters. The van der Waals surface area contributed by atoms with Crippen molar-refractivity contribution >= 4 is 13.8 Å². The number of rotatable bonds is 53. The van der Waals surface area contributed by atoms with Gasteiger partial charge in [-0.25, -0.2) is 0 Å². The number of hydrogen-bond donors (Lipinski definition) is 0. The number of carbonyl (C=O) groups excluding carboxylic acids is 1. The first-order valence-corrected chi connectivity index (χ1v) is 29.7. The molecular weight excluding hydrogens is 842 g/mol. The van der Waals surface area contributed by atoms with Gasteiger partial charge in [-0.1, -0.05) is 224 Å². The molecule has 9 heteroatoms. The lowest BCUT2D eigenvalue weighted by Crippen LogP contribution is -2.37. The number of unbranched alkanes of at least 4 members (excludes halogenated alkanes) is 33. The molecule has 0 amide bonds. The molecule has 0 heterocycles. The lowest BCUT2D eigenvalue weighted by Gasteiger charge is -2.28.